The van der Waals surface area contributed by atoms with Crippen LogP contribution in [0.4, 0.5) is 5.69 Å². The molecule has 1 saturated carbocycles. The second-order valence-electron chi connectivity index (χ2n) is 4.09. The van der Waals surface area contributed by atoms with Gasteiger partial charge >= 0.3 is 5.97 Å². The molecule has 1 aliphatic rings. The van der Waals surface area contributed by atoms with Crippen LogP contribution in [0.25, 0.3) is 0 Å². The standard InChI is InChI=1S/C12H14N2O4/c1-2-18-10-4-3-7(6-13-10)14-11(15)8-5-9(8)12(16)17/h3-4,6,8-9H,2,5H2,1H3,(H,14,15)(H,16,17)/t8-,9+/m1/s1. The zero-order valence-electron chi connectivity index (χ0n) is 9.92. The Kier molecular flexibility index (Phi) is 3.45. The van der Waals surface area contributed by atoms with E-state index in [0.29, 0.717) is 24.6 Å². The lowest BCUT2D eigenvalue weighted by Gasteiger charge is -2.05. The van der Waals surface area contributed by atoms with Crippen LogP contribution in [0.15, 0.2) is 18.3 Å². The maximum atomic E-state index is 11.7. The number of hydrogen-bond acceptors (Lipinski definition) is 4. The number of nitrogens with one attached hydrogen (secondary N) is 1. The fourth-order valence-electron chi connectivity index (χ4n) is 1.68. The minimum atomic E-state index is -0.917. The number of carboxylic acid groups (broad SMARTS) is 1. The number of nitrogens with zero attached hydrogens (tertiary/aromatic N) is 1. The van der Waals surface area contributed by atoms with Crippen LogP contribution in [-0.2, 0) is 9.59 Å². The molecule has 2 rings (SSSR count). The molecule has 1 amide bonds. The minimum Gasteiger partial charge on any atom is -0.481 e. The summed E-state index contributed by atoms with van der Waals surface area (Å²) >= 11 is 0. The van der Waals surface area contributed by atoms with Crippen LogP contribution in [0, 0.1) is 11.8 Å². The summed E-state index contributed by atoms with van der Waals surface area (Å²) in [5.74, 6) is -1.66. The molecule has 0 saturated heterocycles. The van der Waals surface area contributed by atoms with Crippen LogP contribution in [0.2, 0.25) is 0 Å². The van der Waals surface area contributed by atoms with E-state index < -0.39 is 17.8 Å². The molecule has 2 atom stereocenters. The maximum Gasteiger partial charge on any atom is 0.307 e. The van der Waals surface area contributed by atoms with Gasteiger partial charge in [0.1, 0.15) is 0 Å². The molecule has 1 heterocycles. The average molecular weight is 250 g/mol. The second-order valence-corrected chi connectivity index (χ2v) is 4.09. The Morgan fingerprint density at radius 2 is 2.28 bits per heavy atom. The Morgan fingerprint density at radius 1 is 1.50 bits per heavy atom. The first-order chi connectivity index (χ1) is 8.61. The number of anilines is 1. The van der Waals surface area contributed by atoms with E-state index in [9.17, 15) is 9.59 Å². The van der Waals surface area contributed by atoms with Gasteiger partial charge in [0.05, 0.1) is 30.3 Å². The molecule has 1 fully saturated rings. The van der Waals surface area contributed by atoms with E-state index >= 15 is 0 Å². The smallest absolute Gasteiger partial charge is 0.307 e. The van der Waals surface area contributed by atoms with Gasteiger partial charge in [-0.05, 0) is 19.4 Å². The number of aliphatic carboxylic acids is 1. The summed E-state index contributed by atoms with van der Waals surface area (Å²) in [6, 6.07) is 3.33. The van der Waals surface area contributed by atoms with Crippen LogP contribution in [-0.4, -0.2) is 28.6 Å². The molecule has 0 aromatic carbocycles. The van der Waals surface area contributed by atoms with Gasteiger partial charge < -0.3 is 15.2 Å². The van der Waals surface area contributed by atoms with E-state index in [0.717, 1.165) is 0 Å². The lowest BCUT2D eigenvalue weighted by atomic mass is 10.3. The molecule has 6 heteroatoms. The molecule has 1 aromatic heterocycles. The third kappa shape index (κ3) is 2.77. The number of hydrogen-bond donors (Lipinski definition) is 2. The van der Waals surface area contributed by atoms with Crippen LogP contribution in [0.3, 0.4) is 0 Å². The van der Waals surface area contributed by atoms with Crippen molar-refractivity contribution < 1.29 is 19.4 Å². The maximum absolute atomic E-state index is 11.7. The van der Waals surface area contributed by atoms with E-state index in [1.54, 1.807) is 12.1 Å². The predicted molar refractivity (Wildman–Crippen MR) is 63.3 cm³/mol. The van der Waals surface area contributed by atoms with Gasteiger partial charge in [-0.15, -0.1) is 0 Å². The first-order valence-electron chi connectivity index (χ1n) is 5.74. The Balaban J connectivity index is 1.90. The number of carboxylic acids is 1. The number of ether oxygens (including phenoxy) is 1. The topological polar surface area (TPSA) is 88.5 Å². The SMILES string of the molecule is CCOc1ccc(NC(=O)[C@@H]2C[C@@H]2C(=O)O)cn1. The summed E-state index contributed by atoms with van der Waals surface area (Å²) in [6.07, 6.45) is 1.90. The quantitative estimate of drug-likeness (QED) is 0.818. The highest BCUT2D eigenvalue weighted by atomic mass is 16.5. The molecule has 0 unspecified atom stereocenters. The number of carbonyl (C=O) groups excluding carboxylic acids is 1. The summed E-state index contributed by atoms with van der Waals surface area (Å²) in [5, 5.41) is 11.4. The zero-order chi connectivity index (χ0) is 13.1. The highest BCUT2D eigenvalue weighted by Gasteiger charge is 2.48. The van der Waals surface area contributed by atoms with Gasteiger partial charge in [0.15, 0.2) is 0 Å². The van der Waals surface area contributed by atoms with E-state index in [4.69, 9.17) is 9.84 Å². The van der Waals surface area contributed by atoms with E-state index in [-0.39, 0.29) is 5.91 Å². The van der Waals surface area contributed by atoms with Crippen molar-refractivity contribution in [3.05, 3.63) is 18.3 Å². The second kappa shape index (κ2) is 5.03. The predicted octanol–water partition coefficient (Wildman–Crippen LogP) is 1.14. The van der Waals surface area contributed by atoms with E-state index in [1.807, 2.05) is 6.92 Å². The van der Waals surface area contributed by atoms with Crippen molar-refractivity contribution in [3.8, 4) is 5.88 Å². The summed E-state index contributed by atoms with van der Waals surface area (Å²) in [7, 11) is 0. The molecular weight excluding hydrogens is 236 g/mol. The highest BCUT2D eigenvalue weighted by molar-refractivity contribution is 5.98. The van der Waals surface area contributed by atoms with Gasteiger partial charge in [0, 0.05) is 6.07 Å². The monoisotopic (exact) mass is 250 g/mol. The van der Waals surface area contributed by atoms with Gasteiger partial charge in [0.2, 0.25) is 11.8 Å². The van der Waals surface area contributed by atoms with Crippen molar-refractivity contribution in [2.45, 2.75) is 13.3 Å². The first-order valence-corrected chi connectivity index (χ1v) is 5.74. The molecule has 0 aliphatic heterocycles. The Labute approximate surface area is 104 Å². The van der Waals surface area contributed by atoms with Crippen molar-refractivity contribution in [2.75, 3.05) is 11.9 Å². The van der Waals surface area contributed by atoms with E-state index in [1.165, 1.54) is 6.20 Å². The van der Waals surface area contributed by atoms with Crippen molar-refractivity contribution in [2.24, 2.45) is 11.8 Å². The van der Waals surface area contributed by atoms with Crippen molar-refractivity contribution in [1.82, 2.24) is 4.98 Å². The van der Waals surface area contributed by atoms with Crippen LogP contribution in [0.5, 0.6) is 5.88 Å². The number of carbonyl (C=O) groups is 2. The fraction of sp³-hybridized carbons (Fsp3) is 0.417. The third-order valence-corrected chi connectivity index (χ3v) is 2.74. The molecule has 2 N–H and O–H groups in total. The molecule has 1 aromatic rings. The Bertz CT molecular complexity index is 458. The fourth-order valence-corrected chi connectivity index (χ4v) is 1.68. The van der Waals surface area contributed by atoms with Gasteiger partial charge in [0.25, 0.3) is 0 Å². The number of amides is 1. The molecular formula is C12H14N2O4. The summed E-state index contributed by atoms with van der Waals surface area (Å²) < 4.78 is 5.17. The highest BCUT2D eigenvalue weighted by Crippen LogP contribution is 2.39. The van der Waals surface area contributed by atoms with Crippen LogP contribution >= 0.6 is 0 Å². The molecule has 6 nitrogen and oxygen atoms in total. The largest absolute Gasteiger partial charge is 0.481 e. The summed E-state index contributed by atoms with van der Waals surface area (Å²) in [5.41, 5.74) is 0.541. The van der Waals surface area contributed by atoms with Crippen LogP contribution in [0.1, 0.15) is 13.3 Å². The van der Waals surface area contributed by atoms with Gasteiger partial charge in [-0.25, -0.2) is 4.98 Å². The molecule has 18 heavy (non-hydrogen) atoms. The summed E-state index contributed by atoms with van der Waals surface area (Å²) in [4.78, 5) is 26.3. The molecule has 1 aliphatic carbocycles. The lowest BCUT2D eigenvalue weighted by Crippen LogP contribution is -2.16. The normalized spacial score (nSPS) is 21.2. The van der Waals surface area contributed by atoms with Gasteiger partial charge in [-0.1, -0.05) is 0 Å². The van der Waals surface area contributed by atoms with Crippen LogP contribution < -0.4 is 10.1 Å². The van der Waals surface area contributed by atoms with Crippen molar-refractivity contribution in [3.63, 3.8) is 0 Å². The summed E-state index contributed by atoms with van der Waals surface area (Å²) in [6.45, 7) is 2.39. The Morgan fingerprint density at radius 3 is 2.78 bits per heavy atom. The molecule has 96 valence electrons. The number of rotatable bonds is 5. The molecule has 0 radical (unpaired) electrons. The minimum absolute atomic E-state index is 0.270. The number of pyridine rings is 1. The molecule has 0 bridgehead atoms. The van der Waals surface area contributed by atoms with E-state index in [2.05, 4.69) is 10.3 Å². The molecule has 0 spiro atoms. The van der Waals surface area contributed by atoms with Crippen molar-refractivity contribution in [1.29, 1.82) is 0 Å². The average Bonchev–Trinajstić information content (AvgIpc) is 3.12. The Hall–Kier alpha value is -2.11. The lowest BCUT2D eigenvalue weighted by molar-refractivity contribution is -0.139. The third-order valence-electron chi connectivity index (χ3n) is 2.74. The zero-order valence-corrected chi connectivity index (χ0v) is 9.92. The van der Waals surface area contributed by atoms with Gasteiger partial charge in [-0.3, -0.25) is 9.59 Å². The number of aromatic nitrogens is 1. The van der Waals surface area contributed by atoms with Crippen molar-refractivity contribution >= 4 is 17.6 Å². The van der Waals surface area contributed by atoms with Gasteiger partial charge in [-0.2, -0.15) is 0 Å². The first kappa shape index (κ1) is 12.3.